The van der Waals surface area contributed by atoms with Gasteiger partial charge in [0.2, 0.25) is 5.91 Å². The Morgan fingerprint density at radius 1 is 1.21 bits per heavy atom. The Kier molecular flexibility index (Phi) is 4.85. The molecule has 24 heavy (non-hydrogen) atoms. The molecule has 2 amide bonds. The Morgan fingerprint density at radius 3 is 2.71 bits per heavy atom. The highest BCUT2D eigenvalue weighted by molar-refractivity contribution is 9.10. The normalized spacial score (nSPS) is 16.3. The zero-order chi connectivity index (χ0) is 17.1. The van der Waals surface area contributed by atoms with Crippen molar-refractivity contribution in [3.8, 4) is 5.75 Å². The first-order valence-electron chi connectivity index (χ1n) is 7.67. The monoisotopic (exact) mass is 388 g/mol. The lowest BCUT2D eigenvalue weighted by atomic mass is 10.1. The summed E-state index contributed by atoms with van der Waals surface area (Å²) in [5.74, 6) is 0.379. The third kappa shape index (κ3) is 3.43. The van der Waals surface area contributed by atoms with Crippen LogP contribution in [0.2, 0.25) is 0 Å². The molecular formula is C18H17BrN2O3. The topological polar surface area (TPSA) is 58.6 Å². The van der Waals surface area contributed by atoms with Crippen LogP contribution in [0.5, 0.6) is 5.75 Å². The van der Waals surface area contributed by atoms with E-state index >= 15 is 0 Å². The van der Waals surface area contributed by atoms with Crippen LogP contribution in [-0.4, -0.2) is 24.5 Å². The van der Waals surface area contributed by atoms with Crippen LogP contribution in [0.4, 0.5) is 11.4 Å². The molecule has 0 aromatic heterocycles. The summed E-state index contributed by atoms with van der Waals surface area (Å²) in [6, 6.07) is 14.8. The highest BCUT2D eigenvalue weighted by Crippen LogP contribution is 2.33. The fraction of sp³-hybridized carbons (Fsp3) is 0.222. The van der Waals surface area contributed by atoms with Gasteiger partial charge in [-0.2, -0.15) is 0 Å². The molecule has 6 heteroatoms. The molecule has 1 heterocycles. The summed E-state index contributed by atoms with van der Waals surface area (Å²) in [7, 11) is 0. The summed E-state index contributed by atoms with van der Waals surface area (Å²) in [4.78, 5) is 26.2. The average molecular weight is 389 g/mol. The van der Waals surface area contributed by atoms with E-state index in [1.54, 1.807) is 11.8 Å². The van der Waals surface area contributed by atoms with Crippen molar-refractivity contribution in [1.82, 2.24) is 0 Å². The van der Waals surface area contributed by atoms with E-state index < -0.39 is 6.10 Å². The second-order valence-corrected chi connectivity index (χ2v) is 6.35. The average Bonchev–Trinajstić information content (AvgIpc) is 2.57. The zero-order valence-corrected chi connectivity index (χ0v) is 14.7. The van der Waals surface area contributed by atoms with E-state index in [0.717, 1.165) is 4.47 Å². The van der Waals surface area contributed by atoms with Gasteiger partial charge in [-0.15, -0.1) is 0 Å². The number of amides is 2. The number of benzene rings is 2. The van der Waals surface area contributed by atoms with E-state index in [1.807, 2.05) is 48.5 Å². The standard InChI is InChI=1S/C18H17BrN2O3/c1-12-18(23)21(15-8-4-5-9-16(15)24-12)11-10-17(22)20-14-7-3-2-6-13(14)19/h2-9,12H,10-11H2,1H3,(H,20,22). The number of nitrogens with one attached hydrogen (secondary N) is 1. The minimum Gasteiger partial charge on any atom is -0.479 e. The van der Waals surface area contributed by atoms with E-state index in [2.05, 4.69) is 21.2 Å². The minimum absolute atomic E-state index is 0.137. The first-order chi connectivity index (χ1) is 11.6. The number of carbonyl (C=O) groups is 2. The Labute approximate surface area is 148 Å². The number of carbonyl (C=O) groups excluding carboxylic acids is 2. The Hall–Kier alpha value is -2.34. The van der Waals surface area contributed by atoms with Crippen molar-refractivity contribution in [2.75, 3.05) is 16.8 Å². The number of anilines is 2. The van der Waals surface area contributed by atoms with Crippen LogP contribution in [0.25, 0.3) is 0 Å². The van der Waals surface area contributed by atoms with E-state index in [4.69, 9.17) is 4.74 Å². The Balaban J connectivity index is 1.68. The minimum atomic E-state index is -0.550. The van der Waals surface area contributed by atoms with Crippen molar-refractivity contribution in [3.05, 3.63) is 53.0 Å². The molecule has 2 aromatic rings. The van der Waals surface area contributed by atoms with Crippen LogP contribution in [0.15, 0.2) is 53.0 Å². The maximum Gasteiger partial charge on any atom is 0.267 e. The van der Waals surface area contributed by atoms with E-state index in [1.165, 1.54) is 0 Å². The molecule has 1 aliphatic rings. The number of nitrogens with zero attached hydrogens (tertiary/aromatic N) is 1. The third-order valence-corrected chi connectivity index (χ3v) is 4.48. The maximum atomic E-state index is 12.4. The largest absolute Gasteiger partial charge is 0.479 e. The van der Waals surface area contributed by atoms with Crippen molar-refractivity contribution in [1.29, 1.82) is 0 Å². The number of ether oxygens (including phenoxy) is 1. The molecule has 0 radical (unpaired) electrons. The molecule has 2 aromatic carbocycles. The van der Waals surface area contributed by atoms with Crippen LogP contribution < -0.4 is 15.0 Å². The van der Waals surface area contributed by atoms with Gasteiger partial charge in [0.25, 0.3) is 5.91 Å². The molecule has 5 nitrogen and oxygen atoms in total. The highest BCUT2D eigenvalue weighted by atomic mass is 79.9. The van der Waals surface area contributed by atoms with Gasteiger partial charge in [0.05, 0.1) is 11.4 Å². The van der Waals surface area contributed by atoms with Gasteiger partial charge in [0.15, 0.2) is 6.10 Å². The molecular weight excluding hydrogens is 372 g/mol. The molecule has 0 saturated heterocycles. The van der Waals surface area contributed by atoms with Gasteiger partial charge in [0.1, 0.15) is 5.75 Å². The lowest BCUT2D eigenvalue weighted by molar-refractivity contribution is -0.125. The molecule has 0 aliphatic carbocycles. The Bertz CT molecular complexity index is 778. The number of hydrogen-bond donors (Lipinski definition) is 1. The van der Waals surface area contributed by atoms with Crippen LogP contribution in [-0.2, 0) is 9.59 Å². The predicted molar refractivity (Wildman–Crippen MR) is 96.3 cm³/mol. The van der Waals surface area contributed by atoms with Gasteiger partial charge in [-0.05, 0) is 47.1 Å². The van der Waals surface area contributed by atoms with Gasteiger partial charge in [-0.1, -0.05) is 24.3 Å². The van der Waals surface area contributed by atoms with Crippen LogP contribution >= 0.6 is 15.9 Å². The quantitative estimate of drug-likeness (QED) is 0.870. The van der Waals surface area contributed by atoms with Crippen molar-refractivity contribution >= 4 is 39.1 Å². The predicted octanol–water partition coefficient (Wildman–Crippen LogP) is 3.59. The first kappa shape index (κ1) is 16.5. The molecule has 0 saturated carbocycles. The second-order valence-electron chi connectivity index (χ2n) is 5.50. The molecule has 1 atom stereocenters. The molecule has 1 aliphatic heterocycles. The smallest absolute Gasteiger partial charge is 0.267 e. The summed E-state index contributed by atoms with van der Waals surface area (Å²) in [6.45, 7) is 2.02. The molecule has 124 valence electrons. The molecule has 0 bridgehead atoms. The summed E-state index contributed by atoms with van der Waals surface area (Å²) in [6.07, 6.45) is -0.347. The van der Waals surface area contributed by atoms with Crippen molar-refractivity contribution < 1.29 is 14.3 Å². The summed E-state index contributed by atoms with van der Waals surface area (Å²) >= 11 is 3.40. The number of halogens is 1. The Morgan fingerprint density at radius 2 is 1.92 bits per heavy atom. The number of para-hydroxylation sites is 3. The second kappa shape index (κ2) is 7.05. The number of fused-ring (bicyclic) bond motifs is 1. The van der Waals surface area contributed by atoms with Crippen molar-refractivity contribution in [3.63, 3.8) is 0 Å². The highest BCUT2D eigenvalue weighted by Gasteiger charge is 2.31. The van der Waals surface area contributed by atoms with Crippen LogP contribution in [0.3, 0.4) is 0 Å². The SMILES string of the molecule is CC1Oc2ccccc2N(CCC(=O)Nc2ccccc2Br)C1=O. The lowest BCUT2D eigenvalue weighted by Crippen LogP contribution is -2.45. The number of rotatable bonds is 4. The van der Waals surface area contributed by atoms with Gasteiger partial charge < -0.3 is 15.0 Å². The third-order valence-electron chi connectivity index (χ3n) is 3.78. The van der Waals surface area contributed by atoms with Crippen molar-refractivity contribution in [2.24, 2.45) is 0 Å². The maximum absolute atomic E-state index is 12.4. The molecule has 1 N–H and O–H groups in total. The first-order valence-corrected chi connectivity index (χ1v) is 8.47. The van der Waals surface area contributed by atoms with Crippen molar-refractivity contribution in [2.45, 2.75) is 19.4 Å². The zero-order valence-electron chi connectivity index (χ0n) is 13.2. The fourth-order valence-electron chi connectivity index (χ4n) is 2.58. The lowest BCUT2D eigenvalue weighted by Gasteiger charge is -2.32. The van der Waals surface area contributed by atoms with E-state index in [0.29, 0.717) is 23.7 Å². The molecule has 0 fully saturated rings. The molecule has 3 rings (SSSR count). The summed E-state index contributed by atoms with van der Waals surface area (Å²) in [5.41, 5.74) is 1.42. The van der Waals surface area contributed by atoms with Crippen LogP contribution in [0, 0.1) is 0 Å². The summed E-state index contributed by atoms with van der Waals surface area (Å²) in [5, 5.41) is 2.84. The van der Waals surface area contributed by atoms with Gasteiger partial charge in [-0.25, -0.2) is 0 Å². The van der Waals surface area contributed by atoms with Gasteiger partial charge in [0, 0.05) is 17.4 Å². The van der Waals surface area contributed by atoms with Crippen LogP contribution in [0.1, 0.15) is 13.3 Å². The van der Waals surface area contributed by atoms with E-state index in [9.17, 15) is 9.59 Å². The fourth-order valence-corrected chi connectivity index (χ4v) is 2.96. The van der Waals surface area contributed by atoms with Gasteiger partial charge in [-0.3, -0.25) is 9.59 Å². The van der Waals surface area contributed by atoms with E-state index in [-0.39, 0.29) is 18.2 Å². The molecule has 1 unspecified atom stereocenters. The number of hydrogen-bond acceptors (Lipinski definition) is 3. The molecule has 0 spiro atoms. The van der Waals surface area contributed by atoms with Gasteiger partial charge >= 0.3 is 0 Å². The summed E-state index contributed by atoms with van der Waals surface area (Å²) < 4.78 is 6.41.